The highest BCUT2D eigenvalue weighted by atomic mass is 32.2. The van der Waals surface area contributed by atoms with Crippen LogP contribution in [0.15, 0.2) is 52.5 Å². The van der Waals surface area contributed by atoms with Gasteiger partial charge in [0.15, 0.2) is 0 Å². The van der Waals surface area contributed by atoms with E-state index < -0.39 is 15.3 Å². The summed E-state index contributed by atoms with van der Waals surface area (Å²) in [4.78, 5) is 16.4. The second kappa shape index (κ2) is 8.61. The predicted octanol–water partition coefficient (Wildman–Crippen LogP) is 2.27. The standard InChI is InChI=1S/C17H20FN3O3S2/c1-12(17(22)20-10-13-4-6-14(18)7-5-13)25-16-9-8-15(11-19-16)26(23,24)21(2)3/h4-9,11-12H,10H2,1-3H3,(H,20,22)/t12-/m0/s1. The topological polar surface area (TPSA) is 79.4 Å². The van der Waals surface area contributed by atoms with Gasteiger partial charge < -0.3 is 5.32 Å². The van der Waals surface area contributed by atoms with Crippen LogP contribution in [0.25, 0.3) is 0 Å². The van der Waals surface area contributed by atoms with Crippen LogP contribution in [0.5, 0.6) is 0 Å². The molecular weight excluding hydrogens is 377 g/mol. The molecule has 0 saturated carbocycles. The van der Waals surface area contributed by atoms with Gasteiger partial charge in [-0.2, -0.15) is 0 Å². The maximum absolute atomic E-state index is 12.9. The minimum absolute atomic E-state index is 0.0975. The molecule has 1 aromatic heterocycles. The highest BCUT2D eigenvalue weighted by Gasteiger charge is 2.19. The molecule has 26 heavy (non-hydrogen) atoms. The Kier molecular flexibility index (Phi) is 6.74. The van der Waals surface area contributed by atoms with E-state index in [2.05, 4.69) is 10.3 Å². The summed E-state index contributed by atoms with van der Waals surface area (Å²) in [7, 11) is -0.625. The first-order chi connectivity index (χ1) is 12.2. The Bertz CT molecular complexity index is 854. The molecule has 2 rings (SSSR count). The number of sulfonamides is 1. The van der Waals surface area contributed by atoms with E-state index in [0.29, 0.717) is 11.6 Å². The third-order valence-corrected chi connectivity index (χ3v) is 6.38. The summed E-state index contributed by atoms with van der Waals surface area (Å²) in [5.74, 6) is -0.513. The molecule has 0 unspecified atom stereocenters. The normalized spacial score (nSPS) is 12.8. The summed E-state index contributed by atoms with van der Waals surface area (Å²) in [6, 6.07) is 8.94. The Morgan fingerprint density at radius 3 is 2.42 bits per heavy atom. The number of nitrogens with zero attached hydrogens (tertiary/aromatic N) is 2. The maximum atomic E-state index is 12.9. The molecule has 0 aliphatic carbocycles. The van der Waals surface area contributed by atoms with Crippen molar-refractivity contribution in [2.24, 2.45) is 0 Å². The monoisotopic (exact) mass is 397 g/mol. The fourth-order valence-corrected chi connectivity index (χ4v) is 3.63. The molecular formula is C17H20FN3O3S2. The Labute approximate surface area is 156 Å². The van der Waals surface area contributed by atoms with Gasteiger partial charge in [-0.15, -0.1) is 0 Å². The van der Waals surface area contributed by atoms with Crippen LogP contribution in [-0.2, 0) is 21.4 Å². The molecule has 0 fully saturated rings. The molecule has 0 aliphatic rings. The third kappa shape index (κ3) is 5.26. The molecule has 1 atom stereocenters. The zero-order chi connectivity index (χ0) is 19.3. The van der Waals surface area contributed by atoms with E-state index in [0.717, 1.165) is 9.87 Å². The molecule has 0 aliphatic heterocycles. The first-order valence-corrected chi connectivity index (χ1v) is 10.1. The molecule has 0 radical (unpaired) electrons. The summed E-state index contributed by atoms with van der Waals surface area (Å²) in [6.07, 6.45) is 1.28. The first-order valence-electron chi connectivity index (χ1n) is 7.77. The lowest BCUT2D eigenvalue weighted by Gasteiger charge is -2.13. The van der Waals surface area contributed by atoms with Gasteiger partial charge in [-0.1, -0.05) is 23.9 Å². The van der Waals surface area contributed by atoms with Crippen molar-refractivity contribution < 1.29 is 17.6 Å². The molecule has 1 amide bonds. The van der Waals surface area contributed by atoms with Crippen LogP contribution >= 0.6 is 11.8 Å². The molecule has 9 heteroatoms. The van der Waals surface area contributed by atoms with Crippen molar-refractivity contribution in [3.63, 3.8) is 0 Å². The summed E-state index contributed by atoms with van der Waals surface area (Å²) in [5, 5.41) is 2.91. The second-order valence-corrected chi connectivity index (χ2v) is 9.24. The van der Waals surface area contributed by atoms with E-state index in [1.54, 1.807) is 25.1 Å². The number of rotatable bonds is 7. The molecule has 0 spiro atoms. The van der Waals surface area contributed by atoms with E-state index >= 15 is 0 Å². The minimum Gasteiger partial charge on any atom is -0.351 e. The molecule has 1 N–H and O–H groups in total. The zero-order valence-electron chi connectivity index (χ0n) is 14.6. The lowest BCUT2D eigenvalue weighted by Crippen LogP contribution is -2.30. The lowest BCUT2D eigenvalue weighted by atomic mass is 10.2. The van der Waals surface area contributed by atoms with Crippen molar-refractivity contribution >= 4 is 27.7 Å². The van der Waals surface area contributed by atoms with E-state index in [1.807, 2.05) is 0 Å². The second-order valence-electron chi connectivity index (χ2n) is 5.72. The van der Waals surface area contributed by atoms with Crippen molar-refractivity contribution in [3.05, 3.63) is 54.0 Å². The SMILES string of the molecule is C[C@H](Sc1ccc(S(=O)(=O)N(C)C)cn1)C(=O)NCc1ccc(F)cc1. The Morgan fingerprint density at radius 2 is 1.88 bits per heavy atom. The molecule has 140 valence electrons. The Morgan fingerprint density at radius 1 is 1.23 bits per heavy atom. The summed E-state index contributed by atoms with van der Waals surface area (Å²) in [6.45, 7) is 2.04. The highest BCUT2D eigenvalue weighted by Crippen LogP contribution is 2.23. The molecule has 1 heterocycles. The van der Waals surface area contributed by atoms with Crippen molar-refractivity contribution in [2.75, 3.05) is 14.1 Å². The van der Waals surface area contributed by atoms with Gasteiger partial charge in [0.05, 0.1) is 10.3 Å². The van der Waals surface area contributed by atoms with E-state index in [-0.39, 0.29) is 16.6 Å². The van der Waals surface area contributed by atoms with Crippen LogP contribution in [0.3, 0.4) is 0 Å². The van der Waals surface area contributed by atoms with E-state index in [4.69, 9.17) is 0 Å². The average Bonchev–Trinajstić information content (AvgIpc) is 2.61. The fraction of sp³-hybridized carbons (Fsp3) is 0.294. The predicted molar refractivity (Wildman–Crippen MR) is 98.7 cm³/mol. The van der Waals surface area contributed by atoms with Crippen LogP contribution in [0.4, 0.5) is 4.39 Å². The average molecular weight is 397 g/mol. The van der Waals surface area contributed by atoms with Gasteiger partial charge in [-0.25, -0.2) is 22.1 Å². The smallest absolute Gasteiger partial charge is 0.244 e. The zero-order valence-corrected chi connectivity index (χ0v) is 16.3. The van der Waals surface area contributed by atoms with Crippen LogP contribution in [0.2, 0.25) is 0 Å². The molecule has 0 bridgehead atoms. The van der Waals surface area contributed by atoms with Crippen molar-refractivity contribution in [1.82, 2.24) is 14.6 Å². The Balaban J connectivity index is 1.93. The number of hydrogen-bond donors (Lipinski definition) is 1. The molecule has 1 aromatic carbocycles. The van der Waals surface area contributed by atoms with Crippen LogP contribution < -0.4 is 5.32 Å². The van der Waals surface area contributed by atoms with Gasteiger partial charge in [-0.05, 0) is 36.8 Å². The number of nitrogens with one attached hydrogen (secondary N) is 1. The van der Waals surface area contributed by atoms with Crippen LogP contribution in [0.1, 0.15) is 12.5 Å². The minimum atomic E-state index is -3.53. The number of benzene rings is 1. The highest BCUT2D eigenvalue weighted by molar-refractivity contribution is 8.00. The number of hydrogen-bond acceptors (Lipinski definition) is 5. The number of amides is 1. The number of halogens is 1. The third-order valence-electron chi connectivity index (χ3n) is 3.53. The number of carbonyl (C=O) groups excluding carboxylic acids is 1. The fourth-order valence-electron chi connectivity index (χ4n) is 1.97. The summed E-state index contributed by atoms with van der Waals surface area (Å²) < 4.78 is 38.0. The molecule has 0 saturated heterocycles. The summed E-state index contributed by atoms with van der Waals surface area (Å²) >= 11 is 1.23. The van der Waals surface area contributed by atoms with Gasteiger partial charge in [0, 0.05) is 26.8 Å². The van der Waals surface area contributed by atoms with Crippen LogP contribution in [0, 0.1) is 5.82 Å². The van der Waals surface area contributed by atoms with Gasteiger partial charge >= 0.3 is 0 Å². The quantitative estimate of drug-likeness (QED) is 0.725. The molecule has 6 nitrogen and oxygen atoms in total. The molecule has 2 aromatic rings. The van der Waals surface area contributed by atoms with Crippen molar-refractivity contribution in [3.8, 4) is 0 Å². The van der Waals surface area contributed by atoms with E-state index in [1.165, 1.54) is 50.3 Å². The number of pyridine rings is 1. The maximum Gasteiger partial charge on any atom is 0.244 e. The van der Waals surface area contributed by atoms with Gasteiger partial charge in [-0.3, -0.25) is 4.79 Å². The largest absolute Gasteiger partial charge is 0.351 e. The van der Waals surface area contributed by atoms with Gasteiger partial charge in [0.1, 0.15) is 10.7 Å². The first kappa shape index (κ1) is 20.3. The number of carbonyl (C=O) groups is 1. The van der Waals surface area contributed by atoms with Gasteiger partial charge in [0.25, 0.3) is 0 Å². The number of thioether (sulfide) groups is 1. The Hall–Kier alpha value is -1.97. The van der Waals surface area contributed by atoms with Crippen molar-refractivity contribution in [1.29, 1.82) is 0 Å². The lowest BCUT2D eigenvalue weighted by molar-refractivity contribution is -0.120. The summed E-state index contributed by atoms with van der Waals surface area (Å²) in [5.41, 5.74) is 0.799. The number of aromatic nitrogens is 1. The van der Waals surface area contributed by atoms with Crippen LogP contribution in [-0.4, -0.2) is 43.0 Å². The van der Waals surface area contributed by atoms with E-state index in [9.17, 15) is 17.6 Å². The van der Waals surface area contributed by atoms with Crippen molar-refractivity contribution in [2.45, 2.75) is 28.6 Å². The van der Waals surface area contributed by atoms with Gasteiger partial charge in [0.2, 0.25) is 15.9 Å².